The highest BCUT2D eigenvalue weighted by molar-refractivity contribution is 5.91. The van der Waals surface area contributed by atoms with Crippen LogP contribution in [-0.2, 0) is 16.1 Å². The molecule has 1 amide bonds. The summed E-state index contributed by atoms with van der Waals surface area (Å²) in [4.78, 5) is 11.8. The van der Waals surface area contributed by atoms with Crippen LogP contribution in [0.3, 0.4) is 0 Å². The van der Waals surface area contributed by atoms with Gasteiger partial charge in [0, 0.05) is 19.2 Å². The molecule has 26 heavy (non-hydrogen) atoms. The number of carbonyl (C=O) groups is 1. The summed E-state index contributed by atoms with van der Waals surface area (Å²) >= 11 is 0. The Labute approximate surface area is 154 Å². The molecular formula is C22H25NO3. The second-order valence-electron chi connectivity index (χ2n) is 6.49. The average molecular weight is 351 g/mol. The first-order chi connectivity index (χ1) is 12.8. The van der Waals surface area contributed by atoms with Crippen molar-refractivity contribution < 1.29 is 14.3 Å². The maximum Gasteiger partial charge on any atom is 0.244 e. The van der Waals surface area contributed by atoms with Gasteiger partial charge in [0.25, 0.3) is 0 Å². The average Bonchev–Trinajstić information content (AvgIpc) is 3.50. The predicted octanol–water partition coefficient (Wildman–Crippen LogP) is 3.82. The van der Waals surface area contributed by atoms with E-state index in [1.807, 2.05) is 54.6 Å². The van der Waals surface area contributed by atoms with E-state index in [-0.39, 0.29) is 5.91 Å². The number of carbonyl (C=O) groups excluding carboxylic acids is 1. The van der Waals surface area contributed by atoms with Crippen LogP contribution in [0.1, 0.15) is 24.0 Å². The lowest BCUT2D eigenvalue weighted by molar-refractivity contribution is -0.116. The van der Waals surface area contributed by atoms with Crippen molar-refractivity contribution >= 4 is 12.0 Å². The highest BCUT2D eigenvalue weighted by Crippen LogP contribution is 2.28. The molecule has 0 atom stereocenters. The summed E-state index contributed by atoms with van der Waals surface area (Å²) in [6.45, 7) is 2.45. The molecule has 2 aromatic rings. The van der Waals surface area contributed by atoms with Gasteiger partial charge in [-0.05, 0) is 48.1 Å². The molecule has 1 aliphatic rings. The molecule has 0 aliphatic heterocycles. The minimum Gasteiger partial charge on any atom is -0.489 e. The number of ether oxygens (including phenoxy) is 2. The Kier molecular flexibility index (Phi) is 6.85. The van der Waals surface area contributed by atoms with Crippen LogP contribution in [0.25, 0.3) is 6.08 Å². The molecule has 0 saturated heterocycles. The Morgan fingerprint density at radius 2 is 1.96 bits per heavy atom. The molecule has 3 rings (SSSR count). The number of benzene rings is 2. The van der Waals surface area contributed by atoms with Gasteiger partial charge in [-0.15, -0.1) is 0 Å². The first-order valence-electron chi connectivity index (χ1n) is 9.10. The van der Waals surface area contributed by atoms with E-state index in [9.17, 15) is 4.79 Å². The summed E-state index contributed by atoms with van der Waals surface area (Å²) < 4.78 is 11.3. The first-order valence-corrected chi connectivity index (χ1v) is 9.10. The molecule has 2 aromatic carbocycles. The van der Waals surface area contributed by atoms with E-state index in [2.05, 4.69) is 5.32 Å². The normalized spacial score (nSPS) is 13.7. The maximum absolute atomic E-state index is 11.8. The molecule has 0 radical (unpaired) electrons. The van der Waals surface area contributed by atoms with Gasteiger partial charge < -0.3 is 14.8 Å². The fraction of sp³-hybridized carbons (Fsp3) is 0.318. The molecule has 1 saturated carbocycles. The maximum atomic E-state index is 11.8. The van der Waals surface area contributed by atoms with Crippen molar-refractivity contribution in [3.05, 3.63) is 71.8 Å². The van der Waals surface area contributed by atoms with Crippen LogP contribution in [0.5, 0.6) is 5.75 Å². The number of amides is 1. The Hall–Kier alpha value is -2.59. The molecule has 0 heterocycles. The second-order valence-corrected chi connectivity index (χ2v) is 6.49. The van der Waals surface area contributed by atoms with Gasteiger partial charge in [-0.25, -0.2) is 0 Å². The molecule has 0 unspecified atom stereocenters. The van der Waals surface area contributed by atoms with Gasteiger partial charge >= 0.3 is 0 Å². The highest BCUT2D eigenvalue weighted by Gasteiger charge is 2.20. The van der Waals surface area contributed by atoms with E-state index in [1.165, 1.54) is 18.9 Å². The Morgan fingerprint density at radius 1 is 1.12 bits per heavy atom. The summed E-state index contributed by atoms with van der Waals surface area (Å²) in [5.41, 5.74) is 2.05. The number of rotatable bonds is 10. The van der Waals surface area contributed by atoms with Crippen LogP contribution < -0.4 is 10.1 Å². The minimum atomic E-state index is -0.115. The van der Waals surface area contributed by atoms with Crippen LogP contribution >= 0.6 is 0 Å². The van der Waals surface area contributed by atoms with Gasteiger partial charge in [0.15, 0.2) is 0 Å². The SMILES string of the molecule is O=C(/C=C/c1cccc(OCc2ccccc2)c1)NCCOCC1CC1. The summed E-state index contributed by atoms with van der Waals surface area (Å²) in [5, 5.41) is 2.83. The van der Waals surface area contributed by atoms with Crippen molar-refractivity contribution in [2.45, 2.75) is 19.4 Å². The summed E-state index contributed by atoms with van der Waals surface area (Å²) in [6, 6.07) is 17.7. The Balaban J connectivity index is 1.40. The quantitative estimate of drug-likeness (QED) is 0.523. The molecular weight excluding hydrogens is 326 g/mol. The highest BCUT2D eigenvalue weighted by atomic mass is 16.5. The van der Waals surface area contributed by atoms with Crippen molar-refractivity contribution in [2.24, 2.45) is 5.92 Å². The van der Waals surface area contributed by atoms with Gasteiger partial charge in [-0.3, -0.25) is 4.79 Å². The van der Waals surface area contributed by atoms with Crippen LogP contribution in [-0.4, -0.2) is 25.7 Å². The van der Waals surface area contributed by atoms with Crippen LogP contribution in [0, 0.1) is 5.92 Å². The van der Waals surface area contributed by atoms with E-state index >= 15 is 0 Å². The zero-order valence-electron chi connectivity index (χ0n) is 14.9. The van der Waals surface area contributed by atoms with Crippen molar-refractivity contribution in [2.75, 3.05) is 19.8 Å². The van der Waals surface area contributed by atoms with E-state index < -0.39 is 0 Å². The minimum absolute atomic E-state index is 0.115. The van der Waals surface area contributed by atoms with E-state index in [0.717, 1.165) is 29.4 Å². The molecule has 0 spiro atoms. The topological polar surface area (TPSA) is 47.6 Å². The first kappa shape index (κ1) is 18.2. The zero-order chi connectivity index (χ0) is 18.0. The van der Waals surface area contributed by atoms with Crippen LogP contribution in [0.2, 0.25) is 0 Å². The van der Waals surface area contributed by atoms with E-state index in [4.69, 9.17) is 9.47 Å². The van der Waals surface area contributed by atoms with Crippen molar-refractivity contribution in [1.82, 2.24) is 5.32 Å². The van der Waals surface area contributed by atoms with Gasteiger partial charge in [0.2, 0.25) is 5.91 Å². The van der Waals surface area contributed by atoms with Gasteiger partial charge in [0.1, 0.15) is 12.4 Å². The van der Waals surface area contributed by atoms with Crippen molar-refractivity contribution in [3.63, 3.8) is 0 Å². The Bertz CT molecular complexity index is 723. The molecule has 1 N–H and O–H groups in total. The van der Waals surface area contributed by atoms with Crippen LogP contribution in [0.15, 0.2) is 60.7 Å². The number of hydrogen-bond donors (Lipinski definition) is 1. The number of nitrogens with one attached hydrogen (secondary N) is 1. The third-order valence-corrected chi connectivity index (χ3v) is 4.13. The summed E-state index contributed by atoms with van der Waals surface area (Å²) in [6.07, 6.45) is 5.89. The zero-order valence-corrected chi connectivity index (χ0v) is 14.9. The summed E-state index contributed by atoms with van der Waals surface area (Å²) in [7, 11) is 0. The van der Waals surface area contributed by atoms with Crippen molar-refractivity contribution in [3.8, 4) is 5.75 Å². The summed E-state index contributed by atoms with van der Waals surface area (Å²) in [5.74, 6) is 1.42. The monoisotopic (exact) mass is 351 g/mol. The Morgan fingerprint density at radius 3 is 2.77 bits per heavy atom. The predicted molar refractivity (Wildman–Crippen MR) is 103 cm³/mol. The van der Waals surface area contributed by atoms with E-state index in [0.29, 0.717) is 19.8 Å². The fourth-order valence-electron chi connectivity index (χ4n) is 2.46. The van der Waals surface area contributed by atoms with Crippen LogP contribution in [0.4, 0.5) is 0 Å². The van der Waals surface area contributed by atoms with Gasteiger partial charge in [0.05, 0.1) is 6.61 Å². The lowest BCUT2D eigenvalue weighted by atomic mass is 10.2. The molecule has 4 nitrogen and oxygen atoms in total. The lowest BCUT2D eigenvalue weighted by Crippen LogP contribution is -2.25. The van der Waals surface area contributed by atoms with Gasteiger partial charge in [-0.2, -0.15) is 0 Å². The van der Waals surface area contributed by atoms with E-state index in [1.54, 1.807) is 6.08 Å². The fourth-order valence-corrected chi connectivity index (χ4v) is 2.46. The molecule has 136 valence electrons. The third kappa shape index (κ3) is 6.73. The smallest absolute Gasteiger partial charge is 0.244 e. The standard InChI is InChI=1S/C22H25NO3/c24-22(23-13-14-25-16-20-9-10-20)12-11-18-7-4-8-21(15-18)26-17-19-5-2-1-3-6-19/h1-8,11-12,15,20H,9-10,13-14,16-17H2,(H,23,24)/b12-11+. The molecule has 0 aromatic heterocycles. The number of hydrogen-bond acceptors (Lipinski definition) is 3. The van der Waals surface area contributed by atoms with Crippen molar-refractivity contribution in [1.29, 1.82) is 0 Å². The second kappa shape index (κ2) is 9.78. The molecule has 1 fully saturated rings. The molecule has 1 aliphatic carbocycles. The largest absolute Gasteiger partial charge is 0.489 e. The molecule has 4 heteroatoms. The lowest BCUT2D eigenvalue weighted by Gasteiger charge is -2.07. The molecule has 0 bridgehead atoms. The van der Waals surface area contributed by atoms with Gasteiger partial charge in [-0.1, -0.05) is 42.5 Å². The third-order valence-electron chi connectivity index (χ3n) is 4.13.